The molecule has 1 aromatic carbocycles. The first-order valence-electron chi connectivity index (χ1n) is 12.0. The highest BCUT2D eigenvalue weighted by Crippen LogP contribution is 2.51. The van der Waals surface area contributed by atoms with Gasteiger partial charge in [-0.2, -0.15) is 13.2 Å². The number of hydrogen-bond acceptors (Lipinski definition) is 7. The Bertz CT molecular complexity index is 1000. The summed E-state index contributed by atoms with van der Waals surface area (Å²) in [5.74, 6) is -3.88. The Morgan fingerprint density at radius 2 is 1.73 bits per heavy atom. The summed E-state index contributed by atoms with van der Waals surface area (Å²) in [5.41, 5.74) is -0.288. The van der Waals surface area contributed by atoms with Gasteiger partial charge in [-0.1, -0.05) is 32.9 Å². The molecule has 3 rings (SSSR count). The van der Waals surface area contributed by atoms with Crippen LogP contribution in [0.3, 0.4) is 0 Å². The predicted molar refractivity (Wildman–Crippen MR) is 131 cm³/mol. The number of thioether (sulfide) groups is 1. The highest BCUT2D eigenvalue weighted by molar-refractivity contribution is 7.99. The Morgan fingerprint density at radius 1 is 1.16 bits per heavy atom. The van der Waals surface area contributed by atoms with Crippen LogP contribution < -0.4 is 5.32 Å². The number of hydrogen-bond donors (Lipinski definition) is 2. The minimum atomic E-state index is -5.08. The first-order chi connectivity index (χ1) is 17.2. The van der Waals surface area contributed by atoms with Crippen molar-refractivity contribution >= 4 is 35.5 Å². The number of carbonyl (C=O) groups excluding carboxylic acids is 3. The molecule has 0 aromatic heterocycles. The van der Waals surface area contributed by atoms with E-state index in [1.807, 2.05) is 38.1 Å². The molecule has 2 saturated heterocycles. The van der Waals surface area contributed by atoms with Gasteiger partial charge in [-0.05, 0) is 49.1 Å². The lowest BCUT2D eigenvalue weighted by Crippen LogP contribution is -2.57. The maximum Gasteiger partial charge on any atom is 0.490 e. The largest absolute Gasteiger partial charge is 0.490 e. The van der Waals surface area contributed by atoms with Crippen LogP contribution in [0, 0.1) is 17.8 Å². The third-order valence-corrected chi connectivity index (χ3v) is 7.51. The van der Waals surface area contributed by atoms with Gasteiger partial charge in [-0.3, -0.25) is 24.6 Å². The summed E-state index contributed by atoms with van der Waals surface area (Å²) in [4.78, 5) is 50.9. The number of carbonyl (C=O) groups is 4. The molecule has 206 valence electrons. The van der Waals surface area contributed by atoms with Gasteiger partial charge in [0.2, 0.25) is 11.8 Å². The van der Waals surface area contributed by atoms with Crippen LogP contribution in [0.1, 0.15) is 52.1 Å². The highest BCUT2D eigenvalue weighted by atomic mass is 32.2. The van der Waals surface area contributed by atoms with Crippen molar-refractivity contribution in [2.75, 3.05) is 19.4 Å². The number of amides is 2. The second-order valence-electron chi connectivity index (χ2n) is 9.33. The fourth-order valence-electron chi connectivity index (χ4n) is 4.94. The van der Waals surface area contributed by atoms with Gasteiger partial charge in [-0.25, -0.2) is 4.79 Å². The summed E-state index contributed by atoms with van der Waals surface area (Å²) in [6.45, 7) is 8.26. The minimum Gasteiger partial charge on any atom is -0.475 e. The number of alkyl halides is 3. The predicted octanol–water partition coefficient (Wildman–Crippen LogP) is 4.05. The van der Waals surface area contributed by atoms with Crippen LogP contribution >= 0.6 is 11.8 Å². The summed E-state index contributed by atoms with van der Waals surface area (Å²) in [6.07, 6.45) is -3.56. The first kappa shape index (κ1) is 30.6. The number of carboxylic acids is 1. The number of carboxylic acid groups (broad SMARTS) is 1. The lowest BCUT2D eigenvalue weighted by molar-refractivity contribution is -0.192. The molecule has 0 aliphatic carbocycles. The third kappa shape index (κ3) is 6.46. The zero-order valence-electron chi connectivity index (χ0n) is 21.4. The van der Waals surface area contributed by atoms with E-state index in [0.29, 0.717) is 13.0 Å². The molecular formula is C25H33F3N2O6S. The van der Waals surface area contributed by atoms with Crippen LogP contribution in [0.4, 0.5) is 13.2 Å². The summed E-state index contributed by atoms with van der Waals surface area (Å²) < 4.78 is 36.9. The van der Waals surface area contributed by atoms with E-state index in [9.17, 15) is 27.6 Å². The Labute approximate surface area is 218 Å². The fraction of sp³-hybridized carbons (Fsp3) is 0.600. The molecule has 2 heterocycles. The average molecular weight is 547 g/mol. The summed E-state index contributed by atoms with van der Waals surface area (Å²) in [6, 6.07) is 7.69. The summed E-state index contributed by atoms with van der Waals surface area (Å²) >= 11 is 1.79. The van der Waals surface area contributed by atoms with Gasteiger partial charge < -0.3 is 9.84 Å². The number of likely N-dealkylation sites (tertiary alicyclic amines) is 1. The topological polar surface area (TPSA) is 113 Å². The number of rotatable bonds is 8. The van der Waals surface area contributed by atoms with Gasteiger partial charge in [-0.15, -0.1) is 11.8 Å². The van der Waals surface area contributed by atoms with E-state index in [2.05, 4.69) is 12.2 Å². The van der Waals surface area contributed by atoms with Crippen LogP contribution in [0.5, 0.6) is 0 Å². The van der Waals surface area contributed by atoms with Crippen molar-refractivity contribution < 1.29 is 42.2 Å². The molecule has 8 nitrogen and oxygen atoms in total. The number of methoxy groups -OCH3 is 1. The van der Waals surface area contributed by atoms with Crippen LogP contribution in [0.15, 0.2) is 29.2 Å². The Kier molecular flexibility index (Phi) is 10.2. The van der Waals surface area contributed by atoms with Gasteiger partial charge in [0.25, 0.3) is 0 Å². The van der Waals surface area contributed by atoms with Gasteiger partial charge in [0.1, 0.15) is 5.54 Å². The molecule has 2 N–H and O–H groups in total. The van der Waals surface area contributed by atoms with E-state index in [0.717, 1.165) is 17.7 Å². The lowest BCUT2D eigenvalue weighted by atomic mass is 9.75. The smallest absolute Gasteiger partial charge is 0.475 e. The van der Waals surface area contributed by atoms with Crippen molar-refractivity contribution in [2.45, 2.75) is 63.2 Å². The van der Waals surface area contributed by atoms with Gasteiger partial charge in [0.05, 0.1) is 18.9 Å². The quantitative estimate of drug-likeness (QED) is 0.285. The number of fused-ring (bicyclic) bond motifs is 1. The van der Waals surface area contributed by atoms with E-state index in [-0.39, 0.29) is 17.7 Å². The van der Waals surface area contributed by atoms with Crippen molar-refractivity contribution in [3.8, 4) is 0 Å². The molecule has 0 bridgehead atoms. The Balaban J connectivity index is 0.000000604. The zero-order chi connectivity index (χ0) is 28.1. The SMILES string of the molecule is CCCSc1ccc([C@H]2N[C@@](CC(C)C)(C(=O)OC)[C@H]3C(=O)N(CC)C(=O)[C@@H]23)cc1.O=C(O)C(F)(F)F. The third-order valence-electron chi connectivity index (χ3n) is 6.30. The van der Waals surface area contributed by atoms with Crippen molar-refractivity contribution in [3.63, 3.8) is 0 Å². The molecule has 0 unspecified atom stereocenters. The number of aliphatic carboxylic acids is 1. The number of benzene rings is 1. The molecule has 12 heteroatoms. The minimum absolute atomic E-state index is 0.141. The summed E-state index contributed by atoms with van der Waals surface area (Å²) in [5, 5.41) is 10.5. The lowest BCUT2D eigenvalue weighted by Gasteiger charge is -2.33. The van der Waals surface area contributed by atoms with Crippen LogP contribution in [0.2, 0.25) is 0 Å². The Hall–Kier alpha value is -2.60. The van der Waals surface area contributed by atoms with Gasteiger partial charge in [0.15, 0.2) is 0 Å². The van der Waals surface area contributed by atoms with Crippen molar-refractivity contribution in [1.29, 1.82) is 0 Å². The van der Waals surface area contributed by atoms with Crippen LogP contribution in [-0.2, 0) is 23.9 Å². The number of nitrogens with zero attached hydrogens (tertiary/aromatic N) is 1. The average Bonchev–Trinajstić information content (AvgIpc) is 3.30. The first-order valence-corrected chi connectivity index (χ1v) is 13.0. The van der Waals surface area contributed by atoms with Gasteiger partial charge in [0, 0.05) is 17.5 Å². The molecule has 37 heavy (non-hydrogen) atoms. The molecule has 4 atom stereocenters. The molecule has 2 amide bonds. The molecule has 0 spiro atoms. The van der Waals surface area contributed by atoms with E-state index in [1.54, 1.807) is 18.7 Å². The normalized spacial score (nSPS) is 25.1. The zero-order valence-corrected chi connectivity index (χ0v) is 22.2. The highest BCUT2D eigenvalue weighted by Gasteiger charge is 2.68. The van der Waals surface area contributed by atoms with Crippen molar-refractivity contribution in [2.24, 2.45) is 17.8 Å². The maximum absolute atomic E-state index is 13.2. The number of esters is 1. The molecule has 2 fully saturated rings. The molecular weight excluding hydrogens is 513 g/mol. The second kappa shape index (κ2) is 12.3. The van der Waals surface area contributed by atoms with Crippen LogP contribution in [-0.4, -0.2) is 64.9 Å². The second-order valence-corrected chi connectivity index (χ2v) is 10.5. The maximum atomic E-state index is 13.2. The molecule has 2 aliphatic heterocycles. The Morgan fingerprint density at radius 3 is 2.16 bits per heavy atom. The van der Waals surface area contributed by atoms with Crippen molar-refractivity contribution in [3.05, 3.63) is 29.8 Å². The number of halogens is 3. The molecule has 0 radical (unpaired) electrons. The molecule has 2 aliphatic rings. The van der Waals surface area contributed by atoms with E-state index >= 15 is 0 Å². The van der Waals surface area contributed by atoms with E-state index < -0.39 is 41.5 Å². The molecule has 1 aromatic rings. The standard InChI is InChI=1S/C23H32N2O4S.C2HF3O2/c1-6-12-30-16-10-8-15(9-11-16)19-17-18(21(27)25(7-2)20(17)26)23(24-19,13-14(3)4)22(28)29-5;3-2(4,5)1(6)7/h8-11,14,17-19,24H,6-7,12-13H2,1-5H3;(H,6,7)/t17-,18-,19-,23-;/m1./s1. The van der Waals surface area contributed by atoms with Crippen LogP contribution in [0.25, 0.3) is 0 Å². The number of imide groups is 1. The number of ether oxygens (including phenoxy) is 1. The summed E-state index contributed by atoms with van der Waals surface area (Å²) in [7, 11) is 1.34. The monoisotopic (exact) mass is 546 g/mol. The van der Waals surface area contributed by atoms with E-state index in [1.165, 1.54) is 16.9 Å². The number of nitrogens with one attached hydrogen (secondary N) is 1. The van der Waals surface area contributed by atoms with Gasteiger partial charge >= 0.3 is 18.1 Å². The van der Waals surface area contributed by atoms with E-state index in [4.69, 9.17) is 14.6 Å². The molecule has 0 saturated carbocycles. The van der Waals surface area contributed by atoms with Crippen molar-refractivity contribution in [1.82, 2.24) is 10.2 Å². The fourth-order valence-corrected chi connectivity index (χ4v) is 5.71.